The summed E-state index contributed by atoms with van der Waals surface area (Å²) in [6, 6.07) is 6.14. The van der Waals surface area contributed by atoms with Gasteiger partial charge in [0, 0.05) is 16.4 Å². The molecule has 4 N–H and O–H groups in total. The van der Waals surface area contributed by atoms with Gasteiger partial charge in [-0.1, -0.05) is 6.07 Å². The number of halogens is 1. The van der Waals surface area contributed by atoms with Crippen molar-refractivity contribution in [2.75, 3.05) is 5.32 Å². The molecule has 8 heteroatoms. The number of H-pyrrole nitrogens is 1. The number of aryl methyl sites for hydroxylation is 1. The van der Waals surface area contributed by atoms with E-state index in [2.05, 4.69) is 26.2 Å². The van der Waals surface area contributed by atoms with E-state index in [0.717, 1.165) is 4.47 Å². The van der Waals surface area contributed by atoms with E-state index in [1.807, 2.05) is 0 Å². The molecule has 0 bridgehead atoms. The Morgan fingerprint density at radius 1 is 1.35 bits per heavy atom. The minimum absolute atomic E-state index is 0.0111. The van der Waals surface area contributed by atoms with E-state index in [1.165, 1.54) is 6.07 Å². The molecule has 1 aromatic carbocycles. The maximum absolute atomic E-state index is 11.9. The highest BCUT2D eigenvalue weighted by molar-refractivity contribution is 9.10. The van der Waals surface area contributed by atoms with E-state index < -0.39 is 10.0 Å². The lowest BCUT2D eigenvalue weighted by molar-refractivity contribution is 0.102. The van der Waals surface area contributed by atoms with Crippen LogP contribution >= 0.6 is 15.9 Å². The summed E-state index contributed by atoms with van der Waals surface area (Å²) in [5.74, 6) is -0.375. The number of primary sulfonamides is 1. The molecule has 0 spiro atoms. The van der Waals surface area contributed by atoms with Gasteiger partial charge in [-0.15, -0.1) is 0 Å². The van der Waals surface area contributed by atoms with Crippen molar-refractivity contribution in [3.8, 4) is 0 Å². The van der Waals surface area contributed by atoms with Gasteiger partial charge in [0.2, 0.25) is 10.0 Å². The van der Waals surface area contributed by atoms with Crippen LogP contribution in [0.25, 0.3) is 0 Å². The number of carbonyl (C=O) groups is 1. The number of rotatable bonds is 3. The molecule has 1 amide bonds. The summed E-state index contributed by atoms with van der Waals surface area (Å²) in [5, 5.41) is 7.72. The molecule has 0 fully saturated rings. The number of aromatic amines is 1. The van der Waals surface area contributed by atoms with Crippen LogP contribution in [0.3, 0.4) is 0 Å². The fourth-order valence-electron chi connectivity index (χ4n) is 1.68. The third-order valence-electron chi connectivity index (χ3n) is 2.64. The lowest BCUT2D eigenvalue weighted by atomic mass is 10.2. The number of benzene rings is 1. The Balaban J connectivity index is 2.29. The van der Waals surface area contributed by atoms with Gasteiger partial charge in [-0.2, -0.15) is 0 Å². The largest absolute Gasteiger partial charge is 0.356 e. The number of sulfonamides is 1. The molecule has 2 aromatic rings. The third-order valence-corrected chi connectivity index (χ3v) is 4.16. The van der Waals surface area contributed by atoms with Gasteiger partial charge in [0.25, 0.3) is 5.91 Å². The van der Waals surface area contributed by atoms with Gasteiger partial charge < -0.3 is 10.3 Å². The Kier molecular flexibility index (Phi) is 3.98. The predicted octanol–water partition coefficient (Wildman–Crippen LogP) is 1.99. The van der Waals surface area contributed by atoms with Crippen LogP contribution < -0.4 is 10.5 Å². The molecule has 0 radical (unpaired) electrons. The number of carbonyl (C=O) groups excluding carboxylic acids is 1. The second-order valence-electron chi connectivity index (χ2n) is 4.21. The summed E-state index contributed by atoms with van der Waals surface area (Å²) < 4.78 is 23.6. The Hall–Kier alpha value is -1.64. The zero-order valence-electron chi connectivity index (χ0n) is 10.5. The molecule has 0 atom stereocenters. The van der Waals surface area contributed by atoms with Crippen molar-refractivity contribution in [2.45, 2.75) is 11.8 Å². The number of nitrogens with two attached hydrogens (primary N) is 1. The molecule has 0 aliphatic heterocycles. The first-order chi connectivity index (χ1) is 9.27. The van der Waals surface area contributed by atoms with Crippen LogP contribution in [0, 0.1) is 6.92 Å². The van der Waals surface area contributed by atoms with E-state index >= 15 is 0 Å². The Morgan fingerprint density at radius 3 is 2.60 bits per heavy atom. The smallest absolute Gasteiger partial charge is 0.272 e. The van der Waals surface area contributed by atoms with Crippen molar-refractivity contribution in [3.63, 3.8) is 0 Å². The van der Waals surface area contributed by atoms with E-state index in [0.29, 0.717) is 16.9 Å². The first-order valence-corrected chi connectivity index (χ1v) is 7.90. The van der Waals surface area contributed by atoms with E-state index in [1.54, 1.807) is 31.3 Å². The summed E-state index contributed by atoms with van der Waals surface area (Å²) in [6.45, 7) is 1.63. The average Bonchev–Trinajstić information content (AvgIpc) is 2.77. The Labute approximate surface area is 124 Å². The first kappa shape index (κ1) is 14.8. The molecule has 6 nitrogen and oxygen atoms in total. The summed E-state index contributed by atoms with van der Waals surface area (Å²) in [6.07, 6.45) is 1.62. The number of aromatic nitrogens is 1. The lowest BCUT2D eigenvalue weighted by Gasteiger charge is -2.08. The Bertz CT molecular complexity index is 768. The van der Waals surface area contributed by atoms with Crippen LogP contribution in [0.2, 0.25) is 0 Å². The van der Waals surface area contributed by atoms with Crippen molar-refractivity contribution in [1.29, 1.82) is 0 Å². The highest BCUT2D eigenvalue weighted by atomic mass is 79.9. The number of amides is 1. The van der Waals surface area contributed by atoms with Crippen molar-refractivity contribution >= 4 is 37.5 Å². The number of anilines is 1. The van der Waals surface area contributed by atoms with Gasteiger partial charge in [0.15, 0.2) is 0 Å². The van der Waals surface area contributed by atoms with Crippen LogP contribution in [0.15, 0.2) is 39.8 Å². The van der Waals surface area contributed by atoms with Gasteiger partial charge in [-0.25, -0.2) is 13.6 Å². The van der Waals surface area contributed by atoms with Crippen LogP contribution in [0.4, 0.5) is 5.69 Å². The first-order valence-electron chi connectivity index (χ1n) is 5.56. The molecule has 0 unspecified atom stereocenters. The van der Waals surface area contributed by atoms with Gasteiger partial charge in [0.05, 0.1) is 4.90 Å². The van der Waals surface area contributed by atoms with Crippen molar-refractivity contribution in [2.24, 2.45) is 5.14 Å². The quantitative estimate of drug-likeness (QED) is 0.781. The number of hydrogen-bond donors (Lipinski definition) is 3. The molecule has 106 valence electrons. The second kappa shape index (κ2) is 5.39. The standard InChI is InChI=1S/C12H12BrN3O3S/c1-7-2-3-9(5-11(7)20(14,18)19)16-12(17)10-4-8(13)6-15-10/h2-6,15H,1H3,(H,16,17)(H2,14,18,19). The molecule has 0 aliphatic rings. The average molecular weight is 358 g/mol. The summed E-state index contributed by atoms with van der Waals surface area (Å²) in [5.41, 5.74) is 1.23. The molecule has 20 heavy (non-hydrogen) atoms. The molecule has 0 saturated carbocycles. The highest BCUT2D eigenvalue weighted by Gasteiger charge is 2.14. The van der Waals surface area contributed by atoms with E-state index in [-0.39, 0.29) is 10.8 Å². The SMILES string of the molecule is Cc1ccc(NC(=O)c2cc(Br)c[nH]2)cc1S(N)(=O)=O. The van der Waals surface area contributed by atoms with Crippen LogP contribution in [0.5, 0.6) is 0 Å². The molecule has 2 rings (SSSR count). The number of nitrogens with one attached hydrogen (secondary N) is 2. The van der Waals surface area contributed by atoms with Crippen LogP contribution in [0.1, 0.15) is 16.1 Å². The fraction of sp³-hybridized carbons (Fsp3) is 0.0833. The molecular formula is C12H12BrN3O3S. The minimum Gasteiger partial charge on any atom is -0.356 e. The lowest BCUT2D eigenvalue weighted by Crippen LogP contribution is -2.16. The highest BCUT2D eigenvalue weighted by Crippen LogP contribution is 2.20. The monoisotopic (exact) mass is 357 g/mol. The normalized spacial score (nSPS) is 11.3. The summed E-state index contributed by atoms with van der Waals surface area (Å²) >= 11 is 3.23. The van der Waals surface area contributed by atoms with E-state index in [4.69, 9.17) is 5.14 Å². The van der Waals surface area contributed by atoms with Crippen LogP contribution in [-0.2, 0) is 10.0 Å². The van der Waals surface area contributed by atoms with E-state index in [9.17, 15) is 13.2 Å². The topological polar surface area (TPSA) is 105 Å². The fourth-order valence-corrected chi connectivity index (χ4v) is 2.83. The zero-order valence-corrected chi connectivity index (χ0v) is 12.9. The second-order valence-corrected chi connectivity index (χ2v) is 6.66. The number of hydrogen-bond acceptors (Lipinski definition) is 3. The van der Waals surface area contributed by atoms with Gasteiger partial charge in [-0.05, 0) is 46.6 Å². The van der Waals surface area contributed by atoms with Gasteiger partial charge >= 0.3 is 0 Å². The molecule has 0 aliphatic carbocycles. The molecule has 1 heterocycles. The van der Waals surface area contributed by atoms with Crippen molar-refractivity contribution < 1.29 is 13.2 Å². The maximum atomic E-state index is 11.9. The predicted molar refractivity (Wildman–Crippen MR) is 79.0 cm³/mol. The molecule has 1 aromatic heterocycles. The van der Waals surface area contributed by atoms with Gasteiger partial charge in [0.1, 0.15) is 5.69 Å². The van der Waals surface area contributed by atoms with Crippen LogP contribution in [-0.4, -0.2) is 19.3 Å². The summed E-state index contributed by atoms with van der Waals surface area (Å²) in [7, 11) is -3.82. The van der Waals surface area contributed by atoms with Gasteiger partial charge in [-0.3, -0.25) is 4.79 Å². The zero-order chi connectivity index (χ0) is 14.9. The molecular weight excluding hydrogens is 346 g/mol. The third kappa shape index (κ3) is 3.27. The van der Waals surface area contributed by atoms with Crippen molar-refractivity contribution in [1.82, 2.24) is 4.98 Å². The molecule has 0 saturated heterocycles. The van der Waals surface area contributed by atoms with Crippen molar-refractivity contribution in [3.05, 3.63) is 46.2 Å². The maximum Gasteiger partial charge on any atom is 0.272 e. The minimum atomic E-state index is -3.82. The summed E-state index contributed by atoms with van der Waals surface area (Å²) in [4.78, 5) is 14.7. The Morgan fingerprint density at radius 2 is 2.05 bits per heavy atom.